The number of carbonyl (C=O) groups is 1. The average Bonchev–Trinajstić information content (AvgIpc) is 2.69. The highest BCUT2D eigenvalue weighted by molar-refractivity contribution is 6.29. The molecule has 0 aliphatic heterocycles. The Labute approximate surface area is 172 Å². The van der Waals surface area contributed by atoms with Crippen LogP contribution in [0.25, 0.3) is 0 Å². The molecule has 2 rings (SSSR count). The molecule has 1 aromatic heterocycles. The summed E-state index contributed by atoms with van der Waals surface area (Å²) in [5.41, 5.74) is 2.92. The Bertz CT molecular complexity index is 790. The lowest BCUT2D eigenvalue weighted by atomic mass is 10.1. The molecule has 150 valence electrons. The van der Waals surface area contributed by atoms with Crippen LogP contribution in [-0.4, -0.2) is 55.5 Å². The van der Waals surface area contributed by atoms with Gasteiger partial charge in [0.25, 0.3) is 5.91 Å². The van der Waals surface area contributed by atoms with Gasteiger partial charge < -0.3 is 15.5 Å². The molecule has 0 spiro atoms. The van der Waals surface area contributed by atoms with E-state index in [9.17, 15) is 4.79 Å². The number of hydrogen-bond acceptors (Lipinski definition) is 3. The molecule has 0 aliphatic rings. The highest BCUT2D eigenvalue weighted by Gasteiger charge is 2.08. The van der Waals surface area contributed by atoms with Crippen LogP contribution in [0.15, 0.2) is 47.6 Å². The summed E-state index contributed by atoms with van der Waals surface area (Å²) in [7, 11) is 3.52. The van der Waals surface area contributed by atoms with Gasteiger partial charge in [-0.3, -0.25) is 9.79 Å². The maximum atomic E-state index is 12.1. The van der Waals surface area contributed by atoms with E-state index in [0.717, 1.165) is 43.0 Å². The predicted molar refractivity (Wildman–Crippen MR) is 115 cm³/mol. The number of rotatable bonds is 8. The topological polar surface area (TPSA) is 69.6 Å². The third kappa shape index (κ3) is 7.19. The first-order valence-electron chi connectivity index (χ1n) is 9.42. The molecule has 1 amide bonds. The molecule has 1 aromatic carbocycles. The SMILES string of the molecule is CCNC(=NCCc1cccc(C(=O)N(C)C)c1)NCCc1ccc(Cl)nc1. The van der Waals surface area contributed by atoms with E-state index in [-0.39, 0.29) is 5.91 Å². The Hall–Kier alpha value is -2.60. The van der Waals surface area contributed by atoms with Gasteiger partial charge in [0.2, 0.25) is 0 Å². The molecule has 0 aliphatic carbocycles. The number of aliphatic imine (C=N–C) groups is 1. The summed E-state index contributed by atoms with van der Waals surface area (Å²) in [5, 5.41) is 7.08. The smallest absolute Gasteiger partial charge is 0.253 e. The van der Waals surface area contributed by atoms with Gasteiger partial charge in [0, 0.05) is 45.5 Å². The van der Waals surface area contributed by atoms with E-state index in [2.05, 4.69) is 20.6 Å². The van der Waals surface area contributed by atoms with Gasteiger partial charge >= 0.3 is 0 Å². The van der Waals surface area contributed by atoms with E-state index in [1.165, 1.54) is 0 Å². The van der Waals surface area contributed by atoms with Gasteiger partial charge in [-0.25, -0.2) is 4.98 Å². The van der Waals surface area contributed by atoms with Gasteiger partial charge in [-0.2, -0.15) is 0 Å². The van der Waals surface area contributed by atoms with Crippen LogP contribution in [0, 0.1) is 0 Å². The third-order valence-corrected chi connectivity index (χ3v) is 4.31. The van der Waals surface area contributed by atoms with Crippen LogP contribution >= 0.6 is 11.6 Å². The van der Waals surface area contributed by atoms with Crippen LogP contribution in [0.1, 0.15) is 28.4 Å². The summed E-state index contributed by atoms with van der Waals surface area (Å²) in [4.78, 5) is 22.4. The molecule has 0 bridgehead atoms. The second kappa shape index (κ2) is 11.3. The fourth-order valence-corrected chi connectivity index (χ4v) is 2.75. The largest absolute Gasteiger partial charge is 0.357 e. The molecule has 2 aromatic rings. The molecule has 0 fully saturated rings. The standard InChI is InChI=1S/C21H28ClN5O/c1-4-23-21(25-13-11-17-8-9-19(22)26-15-17)24-12-10-16-6-5-7-18(14-16)20(28)27(2)3/h5-9,14-15H,4,10-13H2,1-3H3,(H2,23,24,25). The summed E-state index contributed by atoms with van der Waals surface area (Å²) in [5.74, 6) is 0.794. The quantitative estimate of drug-likeness (QED) is 0.405. The predicted octanol–water partition coefficient (Wildman–Crippen LogP) is 2.78. The van der Waals surface area contributed by atoms with E-state index in [4.69, 9.17) is 11.6 Å². The molecule has 1 heterocycles. The Morgan fingerprint density at radius 1 is 1.14 bits per heavy atom. The first-order valence-corrected chi connectivity index (χ1v) is 9.80. The Balaban J connectivity index is 1.87. The number of hydrogen-bond donors (Lipinski definition) is 2. The van der Waals surface area contributed by atoms with E-state index in [0.29, 0.717) is 17.3 Å². The minimum absolute atomic E-state index is 0.0112. The maximum absolute atomic E-state index is 12.1. The van der Waals surface area contributed by atoms with Crippen molar-refractivity contribution in [3.05, 3.63) is 64.4 Å². The Morgan fingerprint density at radius 3 is 2.64 bits per heavy atom. The number of nitrogens with one attached hydrogen (secondary N) is 2. The second-order valence-electron chi connectivity index (χ2n) is 6.58. The molecule has 6 nitrogen and oxygen atoms in total. The minimum Gasteiger partial charge on any atom is -0.357 e. The first kappa shape index (κ1) is 21.7. The second-order valence-corrected chi connectivity index (χ2v) is 6.96. The molecule has 28 heavy (non-hydrogen) atoms. The zero-order chi connectivity index (χ0) is 20.4. The molecule has 0 atom stereocenters. The maximum Gasteiger partial charge on any atom is 0.253 e. The number of benzene rings is 1. The highest BCUT2D eigenvalue weighted by Crippen LogP contribution is 2.08. The van der Waals surface area contributed by atoms with Gasteiger partial charge in [0.15, 0.2) is 5.96 Å². The monoisotopic (exact) mass is 401 g/mol. The lowest BCUT2D eigenvalue weighted by Gasteiger charge is -2.12. The lowest BCUT2D eigenvalue weighted by molar-refractivity contribution is 0.0827. The summed E-state index contributed by atoms with van der Waals surface area (Å²) >= 11 is 5.81. The molecule has 2 N–H and O–H groups in total. The summed E-state index contributed by atoms with van der Waals surface area (Å²) in [6.07, 6.45) is 3.39. The van der Waals surface area contributed by atoms with Crippen molar-refractivity contribution in [2.75, 3.05) is 33.7 Å². The molecule has 0 saturated carbocycles. The number of halogens is 1. The minimum atomic E-state index is 0.0112. The van der Waals surface area contributed by atoms with Crippen molar-refractivity contribution in [3.8, 4) is 0 Å². The van der Waals surface area contributed by atoms with Gasteiger partial charge in [0.1, 0.15) is 5.15 Å². The molecule has 0 radical (unpaired) electrons. The fraction of sp³-hybridized carbons (Fsp3) is 0.381. The molecular weight excluding hydrogens is 374 g/mol. The molecule has 7 heteroatoms. The number of aromatic nitrogens is 1. The van der Waals surface area contributed by atoms with Crippen molar-refractivity contribution < 1.29 is 4.79 Å². The number of guanidine groups is 1. The number of nitrogens with zero attached hydrogens (tertiary/aromatic N) is 3. The Morgan fingerprint density at radius 2 is 1.96 bits per heavy atom. The summed E-state index contributed by atoms with van der Waals surface area (Å²) in [6, 6.07) is 11.5. The van der Waals surface area contributed by atoms with Crippen molar-refractivity contribution in [3.63, 3.8) is 0 Å². The third-order valence-electron chi connectivity index (χ3n) is 4.09. The van der Waals surface area contributed by atoms with Crippen molar-refractivity contribution in [2.45, 2.75) is 19.8 Å². The van der Waals surface area contributed by atoms with E-state index in [1.54, 1.807) is 31.3 Å². The summed E-state index contributed by atoms with van der Waals surface area (Å²) in [6.45, 7) is 4.22. The fourth-order valence-electron chi connectivity index (χ4n) is 2.64. The first-order chi connectivity index (χ1) is 13.5. The summed E-state index contributed by atoms with van der Waals surface area (Å²) < 4.78 is 0. The van der Waals surface area contributed by atoms with Crippen LogP contribution < -0.4 is 10.6 Å². The van der Waals surface area contributed by atoms with Gasteiger partial charge in [0.05, 0.1) is 0 Å². The molecule has 0 unspecified atom stereocenters. The molecule has 0 saturated heterocycles. The van der Waals surface area contributed by atoms with Crippen LogP contribution in [-0.2, 0) is 12.8 Å². The Kier molecular flexibility index (Phi) is 8.75. The van der Waals surface area contributed by atoms with Crippen LogP contribution in [0.4, 0.5) is 0 Å². The normalized spacial score (nSPS) is 11.2. The van der Waals surface area contributed by atoms with Gasteiger partial charge in [-0.15, -0.1) is 0 Å². The average molecular weight is 402 g/mol. The number of pyridine rings is 1. The van der Waals surface area contributed by atoms with Crippen molar-refractivity contribution in [1.29, 1.82) is 0 Å². The highest BCUT2D eigenvalue weighted by atomic mass is 35.5. The lowest BCUT2D eigenvalue weighted by Crippen LogP contribution is -2.38. The van der Waals surface area contributed by atoms with Crippen molar-refractivity contribution in [1.82, 2.24) is 20.5 Å². The van der Waals surface area contributed by atoms with Crippen LogP contribution in [0.5, 0.6) is 0 Å². The molecular formula is C21H28ClN5O. The van der Waals surface area contributed by atoms with Crippen molar-refractivity contribution >= 4 is 23.5 Å². The van der Waals surface area contributed by atoms with Crippen molar-refractivity contribution in [2.24, 2.45) is 4.99 Å². The van der Waals surface area contributed by atoms with Gasteiger partial charge in [-0.1, -0.05) is 29.8 Å². The number of amides is 1. The van der Waals surface area contributed by atoms with E-state index < -0.39 is 0 Å². The number of carbonyl (C=O) groups excluding carboxylic acids is 1. The zero-order valence-corrected chi connectivity index (χ0v) is 17.5. The van der Waals surface area contributed by atoms with Gasteiger partial charge in [-0.05, 0) is 49.1 Å². The van der Waals surface area contributed by atoms with Crippen LogP contribution in [0.3, 0.4) is 0 Å². The zero-order valence-electron chi connectivity index (χ0n) is 16.7. The van der Waals surface area contributed by atoms with E-state index in [1.807, 2.05) is 37.3 Å². The van der Waals surface area contributed by atoms with E-state index >= 15 is 0 Å². The van der Waals surface area contributed by atoms with Crippen LogP contribution in [0.2, 0.25) is 5.15 Å².